The van der Waals surface area contributed by atoms with E-state index in [1.54, 1.807) is 0 Å². The van der Waals surface area contributed by atoms with Gasteiger partial charge in [0.1, 0.15) is 0 Å². The largest absolute Gasteiger partial charge is 0.420 e. The molecule has 0 spiro atoms. The fourth-order valence-electron chi connectivity index (χ4n) is 2.41. The molecule has 3 nitrogen and oxygen atoms in total. The molecule has 16 heavy (non-hydrogen) atoms. The Morgan fingerprint density at radius 3 is 2.31 bits per heavy atom. The van der Waals surface area contributed by atoms with Crippen LogP contribution in [-0.2, 0) is 13.9 Å². The summed E-state index contributed by atoms with van der Waals surface area (Å²) in [6.07, 6.45) is 3.11. The summed E-state index contributed by atoms with van der Waals surface area (Å²) in [5, 5.41) is 0. The van der Waals surface area contributed by atoms with E-state index in [0.717, 1.165) is 32.1 Å². The standard InChI is InChI=1S/C12H26O3Si/c1-5-10-16(4,13-3)11-12(6-2)14-8-7-9-15-12/h5-11H2,1-4H3. The smallest absolute Gasteiger partial charge is 0.194 e. The Bertz CT molecular complexity index is 204. The van der Waals surface area contributed by atoms with E-state index in [0.29, 0.717) is 0 Å². The van der Waals surface area contributed by atoms with Crippen molar-refractivity contribution < 1.29 is 13.9 Å². The third-order valence-corrected chi connectivity index (χ3v) is 7.30. The lowest BCUT2D eigenvalue weighted by atomic mass is 10.2. The summed E-state index contributed by atoms with van der Waals surface area (Å²) in [7, 11) is 0.187. The summed E-state index contributed by atoms with van der Waals surface area (Å²) >= 11 is 0. The predicted molar refractivity (Wildman–Crippen MR) is 68.1 cm³/mol. The van der Waals surface area contributed by atoms with Crippen molar-refractivity contribution >= 4 is 8.32 Å². The SMILES string of the molecule is CCC[Si](C)(CC1(CC)OCCCO1)OC. The van der Waals surface area contributed by atoms with E-state index in [2.05, 4.69) is 20.4 Å². The van der Waals surface area contributed by atoms with Gasteiger partial charge in [0.05, 0.1) is 13.2 Å². The lowest BCUT2D eigenvalue weighted by Gasteiger charge is -2.41. The van der Waals surface area contributed by atoms with Gasteiger partial charge < -0.3 is 13.9 Å². The van der Waals surface area contributed by atoms with Crippen molar-refractivity contribution in [1.29, 1.82) is 0 Å². The molecule has 1 saturated heterocycles. The van der Waals surface area contributed by atoms with Crippen LogP contribution in [0.1, 0.15) is 33.1 Å². The number of hydrogen-bond donors (Lipinski definition) is 0. The lowest BCUT2D eigenvalue weighted by Crippen LogP contribution is -2.48. The van der Waals surface area contributed by atoms with Crippen molar-refractivity contribution in [2.24, 2.45) is 0 Å². The van der Waals surface area contributed by atoms with Gasteiger partial charge in [-0.25, -0.2) is 0 Å². The molecule has 0 N–H and O–H groups in total. The molecule has 0 bridgehead atoms. The fraction of sp³-hybridized carbons (Fsp3) is 1.00. The first-order valence-electron chi connectivity index (χ1n) is 6.43. The van der Waals surface area contributed by atoms with E-state index < -0.39 is 8.32 Å². The summed E-state index contributed by atoms with van der Waals surface area (Å²) in [5.74, 6) is -0.357. The molecule has 4 heteroatoms. The van der Waals surface area contributed by atoms with Gasteiger partial charge in [0.15, 0.2) is 14.1 Å². The maximum Gasteiger partial charge on any atom is 0.194 e. The van der Waals surface area contributed by atoms with Crippen molar-refractivity contribution in [3.63, 3.8) is 0 Å². The van der Waals surface area contributed by atoms with Crippen LogP contribution in [0, 0.1) is 0 Å². The van der Waals surface area contributed by atoms with Crippen LogP contribution in [0.4, 0.5) is 0 Å². The Kier molecular flexibility index (Phi) is 5.44. The summed E-state index contributed by atoms with van der Waals surface area (Å²) in [4.78, 5) is 0. The Balaban J connectivity index is 2.65. The van der Waals surface area contributed by atoms with Gasteiger partial charge in [-0.1, -0.05) is 20.3 Å². The van der Waals surface area contributed by atoms with Gasteiger partial charge in [-0.05, 0) is 25.4 Å². The summed E-state index contributed by atoms with van der Waals surface area (Å²) in [6, 6.07) is 2.14. The van der Waals surface area contributed by atoms with E-state index >= 15 is 0 Å². The van der Waals surface area contributed by atoms with Crippen molar-refractivity contribution in [3.05, 3.63) is 0 Å². The van der Waals surface area contributed by atoms with Gasteiger partial charge >= 0.3 is 0 Å². The van der Waals surface area contributed by atoms with Gasteiger partial charge in [0.25, 0.3) is 0 Å². The lowest BCUT2D eigenvalue weighted by molar-refractivity contribution is -0.258. The molecule has 1 heterocycles. The molecule has 1 atom stereocenters. The zero-order valence-corrected chi connectivity index (χ0v) is 12.2. The van der Waals surface area contributed by atoms with Crippen LogP contribution >= 0.6 is 0 Å². The molecule has 1 aliphatic rings. The molecule has 0 saturated carbocycles. The minimum absolute atomic E-state index is 0.357. The Labute approximate surface area is 101 Å². The number of rotatable bonds is 6. The Morgan fingerprint density at radius 2 is 1.88 bits per heavy atom. The monoisotopic (exact) mass is 246 g/mol. The summed E-state index contributed by atoms with van der Waals surface area (Å²) in [6.45, 7) is 8.30. The van der Waals surface area contributed by atoms with Gasteiger partial charge in [-0.2, -0.15) is 0 Å². The molecule has 1 fully saturated rings. The quantitative estimate of drug-likeness (QED) is 0.674. The maximum atomic E-state index is 5.89. The van der Waals surface area contributed by atoms with Crippen molar-refractivity contribution in [1.82, 2.24) is 0 Å². The van der Waals surface area contributed by atoms with Crippen LogP contribution in [0.3, 0.4) is 0 Å². The minimum atomic E-state index is -1.65. The molecule has 96 valence electrons. The molecule has 0 aromatic carbocycles. The van der Waals surface area contributed by atoms with Crippen molar-refractivity contribution in [2.75, 3.05) is 20.3 Å². The van der Waals surface area contributed by atoms with Crippen LogP contribution in [-0.4, -0.2) is 34.4 Å². The summed E-state index contributed by atoms with van der Waals surface area (Å²) < 4.78 is 17.6. The topological polar surface area (TPSA) is 27.7 Å². The zero-order chi connectivity index (χ0) is 12.1. The third-order valence-electron chi connectivity index (χ3n) is 3.47. The van der Waals surface area contributed by atoms with Crippen molar-refractivity contribution in [2.45, 2.75) is 57.5 Å². The first kappa shape index (κ1) is 14.2. The van der Waals surface area contributed by atoms with Gasteiger partial charge in [0.2, 0.25) is 0 Å². The fourth-order valence-corrected chi connectivity index (χ4v) is 5.59. The zero-order valence-electron chi connectivity index (χ0n) is 11.2. The Hall–Kier alpha value is 0.0969. The van der Waals surface area contributed by atoms with Gasteiger partial charge in [-0.3, -0.25) is 0 Å². The van der Waals surface area contributed by atoms with E-state index in [4.69, 9.17) is 13.9 Å². The van der Waals surface area contributed by atoms with Crippen LogP contribution in [0.5, 0.6) is 0 Å². The molecular formula is C12H26O3Si. The first-order chi connectivity index (χ1) is 7.60. The second-order valence-corrected chi connectivity index (χ2v) is 9.06. The molecule has 0 radical (unpaired) electrons. The summed E-state index contributed by atoms with van der Waals surface area (Å²) in [5.41, 5.74) is 0. The van der Waals surface area contributed by atoms with E-state index in [-0.39, 0.29) is 5.79 Å². The van der Waals surface area contributed by atoms with Crippen LogP contribution in [0.25, 0.3) is 0 Å². The predicted octanol–water partition coefficient (Wildman–Crippen LogP) is 3.16. The van der Waals surface area contributed by atoms with E-state index in [1.807, 2.05) is 7.11 Å². The normalized spacial score (nSPS) is 24.0. The molecular weight excluding hydrogens is 220 g/mol. The van der Waals surface area contributed by atoms with Crippen LogP contribution in [0.15, 0.2) is 0 Å². The van der Waals surface area contributed by atoms with Crippen LogP contribution in [0.2, 0.25) is 18.6 Å². The molecule has 1 unspecified atom stereocenters. The number of ether oxygens (including phenoxy) is 2. The van der Waals surface area contributed by atoms with Gasteiger partial charge in [0, 0.05) is 13.2 Å². The minimum Gasteiger partial charge on any atom is -0.420 e. The molecule has 0 amide bonds. The van der Waals surface area contributed by atoms with Crippen molar-refractivity contribution in [3.8, 4) is 0 Å². The average Bonchev–Trinajstić information content (AvgIpc) is 2.30. The van der Waals surface area contributed by atoms with Gasteiger partial charge in [-0.15, -0.1) is 0 Å². The molecule has 0 aliphatic carbocycles. The highest BCUT2D eigenvalue weighted by atomic mass is 28.4. The van der Waals surface area contributed by atoms with Crippen LogP contribution < -0.4 is 0 Å². The maximum absolute atomic E-state index is 5.89. The number of hydrogen-bond acceptors (Lipinski definition) is 3. The molecule has 0 aromatic heterocycles. The highest BCUT2D eigenvalue weighted by molar-refractivity contribution is 6.72. The molecule has 1 aliphatic heterocycles. The second-order valence-electron chi connectivity index (χ2n) is 4.90. The van der Waals surface area contributed by atoms with E-state index in [1.165, 1.54) is 12.5 Å². The first-order valence-corrected chi connectivity index (χ1v) is 9.25. The van der Waals surface area contributed by atoms with E-state index in [9.17, 15) is 0 Å². The molecule has 1 rings (SSSR count). The third kappa shape index (κ3) is 3.55. The second kappa shape index (κ2) is 6.14. The average molecular weight is 246 g/mol. The Morgan fingerprint density at radius 1 is 1.25 bits per heavy atom. The highest BCUT2D eigenvalue weighted by Gasteiger charge is 2.42. The highest BCUT2D eigenvalue weighted by Crippen LogP contribution is 2.34. The molecule has 0 aromatic rings.